The molecule has 0 aliphatic rings. The van der Waals surface area contributed by atoms with Crippen molar-refractivity contribution in [2.45, 2.75) is 0 Å². The Kier molecular flexibility index (Phi) is 10.4. The number of aromatic nitrogens is 1. The first kappa shape index (κ1) is 16.9. The van der Waals surface area contributed by atoms with Gasteiger partial charge in [-0.2, -0.15) is 0 Å². The Hall–Kier alpha value is -1.09. The molecule has 3 N–H and O–H groups in total. The number of guanidine groups is 1. The topological polar surface area (TPSA) is 81.8 Å². The lowest BCUT2D eigenvalue weighted by atomic mass is 10.5. The summed E-state index contributed by atoms with van der Waals surface area (Å²) in [7, 11) is 1.63. The summed E-state index contributed by atoms with van der Waals surface area (Å²) in [6, 6.07) is 3.67. The van der Waals surface area contributed by atoms with E-state index >= 15 is 0 Å². The average molecular weight is 366 g/mol. The molecule has 0 fully saturated rings. The monoisotopic (exact) mass is 366 g/mol. The smallest absolute Gasteiger partial charge is 0.188 e. The number of rotatable bonds is 7. The van der Waals surface area contributed by atoms with Gasteiger partial charge in [-0.05, 0) is 12.1 Å². The molecular formula is C11H19IN4O2. The number of aliphatic imine (C=N–C) groups is 1. The van der Waals surface area contributed by atoms with E-state index in [0.29, 0.717) is 32.3 Å². The maximum Gasteiger partial charge on any atom is 0.188 e. The van der Waals surface area contributed by atoms with Gasteiger partial charge in [-0.1, -0.05) is 0 Å². The highest BCUT2D eigenvalue weighted by Crippen LogP contribution is 2.04. The summed E-state index contributed by atoms with van der Waals surface area (Å²) in [6.07, 6.45) is 3.36. The summed E-state index contributed by atoms with van der Waals surface area (Å²) in [5.41, 5.74) is 5.61. The molecule has 0 amide bonds. The Morgan fingerprint density at radius 2 is 2.33 bits per heavy atom. The SMILES string of the molecule is COCCN=C(N)NCCOc1cccnc1.I. The molecule has 1 aromatic rings. The number of halogens is 1. The van der Waals surface area contributed by atoms with Gasteiger partial charge in [0.2, 0.25) is 0 Å². The molecule has 18 heavy (non-hydrogen) atoms. The maximum absolute atomic E-state index is 5.61. The van der Waals surface area contributed by atoms with Crippen molar-refractivity contribution in [1.82, 2.24) is 10.3 Å². The maximum atomic E-state index is 5.61. The number of methoxy groups -OCH3 is 1. The number of hydrogen-bond acceptors (Lipinski definition) is 4. The molecule has 0 spiro atoms. The molecule has 0 aromatic carbocycles. The summed E-state index contributed by atoms with van der Waals surface area (Å²) in [5.74, 6) is 1.14. The van der Waals surface area contributed by atoms with E-state index < -0.39 is 0 Å². The number of nitrogens with one attached hydrogen (secondary N) is 1. The second-order valence-electron chi connectivity index (χ2n) is 3.22. The quantitative estimate of drug-likeness (QED) is 0.320. The van der Waals surface area contributed by atoms with Crippen LogP contribution in [0.4, 0.5) is 0 Å². The van der Waals surface area contributed by atoms with Gasteiger partial charge in [-0.15, -0.1) is 24.0 Å². The fraction of sp³-hybridized carbons (Fsp3) is 0.455. The third-order valence-electron chi connectivity index (χ3n) is 1.89. The highest BCUT2D eigenvalue weighted by molar-refractivity contribution is 14.0. The Morgan fingerprint density at radius 1 is 1.50 bits per heavy atom. The van der Waals surface area contributed by atoms with E-state index in [9.17, 15) is 0 Å². The molecule has 102 valence electrons. The highest BCUT2D eigenvalue weighted by atomic mass is 127. The molecule has 1 heterocycles. The molecule has 6 nitrogen and oxygen atoms in total. The second kappa shape index (κ2) is 11.0. The normalized spacial score (nSPS) is 10.6. The predicted octanol–water partition coefficient (Wildman–Crippen LogP) is 0.629. The Balaban J connectivity index is 0.00000289. The van der Waals surface area contributed by atoms with E-state index in [1.807, 2.05) is 12.1 Å². The fourth-order valence-electron chi connectivity index (χ4n) is 1.09. The molecule has 0 unspecified atom stereocenters. The number of ether oxygens (including phenoxy) is 2. The molecule has 0 aliphatic heterocycles. The lowest BCUT2D eigenvalue weighted by molar-refractivity contribution is 0.208. The highest BCUT2D eigenvalue weighted by Gasteiger charge is 1.93. The van der Waals surface area contributed by atoms with Crippen molar-refractivity contribution in [3.8, 4) is 5.75 Å². The summed E-state index contributed by atoms with van der Waals surface area (Å²) < 4.78 is 10.3. The van der Waals surface area contributed by atoms with E-state index in [1.54, 1.807) is 19.5 Å². The minimum absolute atomic E-state index is 0. The number of nitrogens with two attached hydrogens (primary N) is 1. The van der Waals surface area contributed by atoms with Gasteiger partial charge in [0.05, 0.1) is 25.9 Å². The van der Waals surface area contributed by atoms with Crippen LogP contribution in [0.2, 0.25) is 0 Å². The molecule has 1 rings (SSSR count). The Morgan fingerprint density at radius 3 is 3.00 bits per heavy atom. The summed E-state index contributed by atoms with van der Waals surface area (Å²) in [4.78, 5) is 7.99. The minimum atomic E-state index is 0. The second-order valence-corrected chi connectivity index (χ2v) is 3.22. The lowest BCUT2D eigenvalue weighted by Crippen LogP contribution is -2.35. The first-order valence-electron chi connectivity index (χ1n) is 5.38. The van der Waals surface area contributed by atoms with E-state index in [1.165, 1.54) is 0 Å². The van der Waals surface area contributed by atoms with Gasteiger partial charge < -0.3 is 20.5 Å². The molecule has 7 heteroatoms. The molecular weight excluding hydrogens is 347 g/mol. The Labute approximate surface area is 124 Å². The van der Waals surface area contributed by atoms with Crippen LogP contribution in [0.3, 0.4) is 0 Å². The van der Waals surface area contributed by atoms with Crippen molar-refractivity contribution < 1.29 is 9.47 Å². The third-order valence-corrected chi connectivity index (χ3v) is 1.89. The average Bonchev–Trinajstić information content (AvgIpc) is 2.36. The Bertz CT molecular complexity index is 335. The zero-order chi connectivity index (χ0) is 12.3. The zero-order valence-electron chi connectivity index (χ0n) is 10.3. The number of nitrogens with zero attached hydrogens (tertiary/aromatic N) is 2. The van der Waals surface area contributed by atoms with Gasteiger partial charge in [-0.25, -0.2) is 0 Å². The fourth-order valence-corrected chi connectivity index (χ4v) is 1.09. The van der Waals surface area contributed by atoms with Crippen LogP contribution in [0.15, 0.2) is 29.5 Å². The van der Waals surface area contributed by atoms with Crippen LogP contribution >= 0.6 is 24.0 Å². The van der Waals surface area contributed by atoms with Crippen LogP contribution in [-0.4, -0.2) is 44.4 Å². The van der Waals surface area contributed by atoms with Crippen LogP contribution in [-0.2, 0) is 4.74 Å². The van der Waals surface area contributed by atoms with E-state index in [0.717, 1.165) is 5.75 Å². The van der Waals surface area contributed by atoms with Gasteiger partial charge in [-0.3, -0.25) is 9.98 Å². The lowest BCUT2D eigenvalue weighted by Gasteiger charge is -2.07. The van der Waals surface area contributed by atoms with Crippen LogP contribution in [0, 0.1) is 0 Å². The van der Waals surface area contributed by atoms with Crippen molar-refractivity contribution >= 4 is 29.9 Å². The number of hydrogen-bond donors (Lipinski definition) is 2. The predicted molar refractivity (Wildman–Crippen MR) is 81.5 cm³/mol. The van der Waals surface area contributed by atoms with E-state index in [-0.39, 0.29) is 24.0 Å². The van der Waals surface area contributed by atoms with E-state index in [4.69, 9.17) is 15.2 Å². The molecule has 0 radical (unpaired) electrons. The van der Waals surface area contributed by atoms with Gasteiger partial charge >= 0.3 is 0 Å². The van der Waals surface area contributed by atoms with Crippen molar-refractivity contribution in [2.75, 3.05) is 33.4 Å². The summed E-state index contributed by atoms with van der Waals surface area (Å²) in [5, 5.41) is 2.94. The van der Waals surface area contributed by atoms with Gasteiger partial charge in [0.15, 0.2) is 5.96 Å². The van der Waals surface area contributed by atoms with Gasteiger partial charge in [0.25, 0.3) is 0 Å². The van der Waals surface area contributed by atoms with Crippen molar-refractivity contribution in [3.63, 3.8) is 0 Å². The molecule has 0 saturated heterocycles. The summed E-state index contributed by atoms with van der Waals surface area (Å²) >= 11 is 0. The third kappa shape index (κ3) is 8.07. The number of pyridine rings is 1. The molecule has 0 bridgehead atoms. The van der Waals surface area contributed by atoms with Crippen molar-refractivity contribution in [1.29, 1.82) is 0 Å². The van der Waals surface area contributed by atoms with E-state index in [2.05, 4.69) is 15.3 Å². The molecule has 0 atom stereocenters. The van der Waals surface area contributed by atoms with Gasteiger partial charge in [0, 0.05) is 13.3 Å². The van der Waals surface area contributed by atoms with Crippen LogP contribution in [0.5, 0.6) is 5.75 Å². The van der Waals surface area contributed by atoms with Crippen molar-refractivity contribution in [3.05, 3.63) is 24.5 Å². The van der Waals surface area contributed by atoms with Gasteiger partial charge in [0.1, 0.15) is 12.4 Å². The first-order chi connectivity index (χ1) is 8.33. The van der Waals surface area contributed by atoms with Crippen molar-refractivity contribution in [2.24, 2.45) is 10.7 Å². The van der Waals surface area contributed by atoms with Crippen LogP contribution < -0.4 is 15.8 Å². The van der Waals surface area contributed by atoms with Crippen LogP contribution in [0.25, 0.3) is 0 Å². The first-order valence-corrected chi connectivity index (χ1v) is 5.38. The molecule has 1 aromatic heterocycles. The van der Waals surface area contributed by atoms with Crippen LogP contribution in [0.1, 0.15) is 0 Å². The zero-order valence-corrected chi connectivity index (χ0v) is 12.7. The molecule has 0 aliphatic carbocycles. The summed E-state index contributed by atoms with van der Waals surface area (Å²) in [6.45, 7) is 2.22. The molecule has 0 saturated carbocycles. The largest absolute Gasteiger partial charge is 0.490 e. The minimum Gasteiger partial charge on any atom is -0.490 e. The standard InChI is InChI=1S/C11H18N4O2.HI/c1-16-7-5-14-11(12)15-6-8-17-10-3-2-4-13-9-10;/h2-4,9H,5-8H2,1H3,(H3,12,14,15);1H.